The van der Waals surface area contributed by atoms with Gasteiger partial charge in [0.05, 0.1) is 12.7 Å². The molecule has 4 nitrogen and oxygen atoms in total. The van der Waals surface area contributed by atoms with Gasteiger partial charge in [0.15, 0.2) is 0 Å². The van der Waals surface area contributed by atoms with Crippen LogP contribution in [-0.4, -0.2) is 21.2 Å². The van der Waals surface area contributed by atoms with Crippen LogP contribution in [0, 0.1) is 0 Å². The van der Waals surface area contributed by atoms with E-state index in [1.165, 1.54) is 5.69 Å². The number of hydrogen-bond donors (Lipinski definition) is 1. The van der Waals surface area contributed by atoms with Crippen LogP contribution in [0.25, 0.3) is 0 Å². The first kappa shape index (κ1) is 12.2. The molecule has 0 aliphatic rings. The summed E-state index contributed by atoms with van der Waals surface area (Å²) in [6.07, 6.45) is 3.74. The van der Waals surface area contributed by atoms with Crippen LogP contribution < -0.4 is 5.32 Å². The van der Waals surface area contributed by atoms with Gasteiger partial charge in [-0.1, -0.05) is 11.6 Å². The normalized spacial score (nSPS) is 12.9. The zero-order valence-corrected chi connectivity index (χ0v) is 11.1. The fourth-order valence-electron chi connectivity index (χ4n) is 1.84. The number of hydrogen-bond acceptors (Lipinski definition) is 2. The Hall–Kier alpha value is -1.26. The van der Waals surface area contributed by atoms with Crippen molar-refractivity contribution >= 4 is 11.6 Å². The summed E-state index contributed by atoms with van der Waals surface area (Å²) in [6.45, 7) is 2.87. The maximum Gasteiger partial charge on any atom is 0.129 e. The van der Waals surface area contributed by atoms with Crippen molar-refractivity contribution in [3.8, 4) is 0 Å². The zero-order valence-electron chi connectivity index (χ0n) is 10.3. The minimum Gasteiger partial charge on any atom is -0.342 e. The van der Waals surface area contributed by atoms with Gasteiger partial charge >= 0.3 is 0 Å². The number of halogens is 1. The third-order valence-electron chi connectivity index (χ3n) is 3.08. The maximum absolute atomic E-state index is 5.98. The summed E-state index contributed by atoms with van der Waals surface area (Å²) in [5.74, 6) is 0.954. The lowest BCUT2D eigenvalue weighted by Crippen LogP contribution is -2.17. The van der Waals surface area contributed by atoms with E-state index >= 15 is 0 Å². The minimum atomic E-state index is 0.320. The fourth-order valence-corrected chi connectivity index (χ4v) is 1.98. The first-order valence-corrected chi connectivity index (χ1v) is 5.99. The van der Waals surface area contributed by atoms with Gasteiger partial charge in [0.1, 0.15) is 11.0 Å². The van der Waals surface area contributed by atoms with E-state index in [0.29, 0.717) is 11.2 Å². The number of rotatable bonds is 4. The van der Waals surface area contributed by atoms with Gasteiger partial charge in [0.2, 0.25) is 0 Å². The molecule has 2 aromatic heterocycles. The third kappa shape index (κ3) is 2.37. The topological polar surface area (TPSA) is 34.8 Å². The van der Waals surface area contributed by atoms with E-state index in [1.54, 1.807) is 6.20 Å². The summed E-state index contributed by atoms with van der Waals surface area (Å²) >= 11 is 5.98. The van der Waals surface area contributed by atoms with Gasteiger partial charge in [0.25, 0.3) is 0 Å². The second-order valence-electron chi connectivity index (χ2n) is 4.13. The first-order chi connectivity index (χ1) is 8.13. The second kappa shape index (κ2) is 4.94. The van der Waals surface area contributed by atoms with Crippen molar-refractivity contribution in [3.63, 3.8) is 0 Å². The molecule has 92 valence electrons. The van der Waals surface area contributed by atoms with Crippen LogP contribution in [0.3, 0.4) is 0 Å². The average Bonchev–Trinajstić information content (AvgIpc) is 2.90. The molecule has 0 aliphatic heterocycles. The molecule has 17 heavy (non-hydrogen) atoms. The molecular weight excluding hydrogens is 236 g/mol. The molecule has 0 bridgehead atoms. The van der Waals surface area contributed by atoms with Crippen molar-refractivity contribution in [2.45, 2.75) is 19.5 Å². The molecule has 2 aromatic rings. The zero-order chi connectivity index (χ0) is 12.4. The van der Waals surface area contributed by atoms with E-state index in [-0.39, 0.29) is 0 Å². The molecule has 0 aliphatic carbocycles. The third-order valence-corrected chi connectivity index (χ3v) is 3.43. The van der Waals surface area contributed by atoms with E-state index in [9.17, 15) is 0 Å². The smallest absolute Gasteiger partial charge is 0.129 e. The number of nitrogens with one attached hydrogen (secondary N) is 1. The van der Waals surface area contributed by atoms with Crippen LogP contribution in [0.5, 0.6) is 0 Å². The lowest BCUT2D eigenvalue weighted by atomic mass is 10.2. The highest BCUT2D eigenvalue weighted by Crippen LogP contribution is 2.16. The van der Waals surface area contributed by atoms with Crippen molar-refractivity contribution in [2.75, 3.05) is 7.05 Å². The van der Waals surface area contributed by atoms with E-state index < -0.39 is 0 Å². The van der Waals surface area contributed by atoms with Gasteiger partial charge in [0, 0.05) is 25.0 Å². The van der Waals surface area contributed by atoms with E-state index in [0.717, 1.165) is 12.4 Å². The second-order valence-corrected chi connectivity index (χ2v) is 4.51. The molecule has 0 spiro atoms. The Morgan fingerprint density at radius 2 is 2.29 bits per heavy atom. The standard InChI is InChI=1S/C12H17ClN4/c1-9(14-2)10-5-4-6-17(10)8-12-15-7-11(13)16(12)3/h4-7,9,14H,8H2,1-3H3. The summed E-state index contributed by atoms with van der Waals surface area (Å²) in [6, 6.07) is 4.49. The van der Waals surface area contributed by atoms with Crippen molar-refractivity contribution < 1.29 is 0 Å². The lowest BCUT2D eigenvalue weighted by molar-refractivity contribution is 0.576. The van der Waals surface area contributed by atoms with Gasteiger partial charge in [-0.15, -0.1) is 0 Å². The highest BCUT2D eigenvalue weighted by atomic mass is 35.5. The van der Waals surface area contributed by atoms with E-state index in [4.69, 9.17) is 11.6 Å². The molecule has 2 heterocycles. The molecule has 1 N–H and O–H groups in total. The molecule has 0 saturated carbocycles. The number of aromatic nitrogens is 3. The first-order valence-electron chi connectivity index (χ1n) is 5.62. The fraction of sp³-hybridized carbons (Fsp3) is 0.417. The molecule has 0 aromatic carbocycles. The molecule has 2 rings (SSSR count). The molecule has 0 saturated heterocycles. The molecule has 1 atom stereocenters. The molecule has 5 heteroatoms. The lowest BCUT2D eigenvalue weighted by Gasteiger charge is -2.14. The molecule has 0 fully saturated rings. The van der Waals surface area contributed by atoms with Crippen molar-refractivity contribution in [2.24, 2.45) is 7.05 Å². The number of imidazole rings is 1. The van der Waals surface area contributed by atoms with Crippen LogP contribution in [0.15, 0.2) is 24.5 Å². The molecule has 0 radical (unpaired) electrons. The van der Waals surface area contributed by atoms with Crippen LogP contribution >= 0.6 is 11.6 Å². The Balaban J connectivity index is 2.25. The van der Waals surface area contributed by atoms with Crippen molar-refractivity contribution in [3.05, 3.63) is 41.2 Å². The SMILES string of the molecule is CNC(C)c1cccn1Cc1ncc(Cl)n1C. The summed E-state index contributed by atoms with van der Waals surface area (Å²) in [5.41, 5.74) is 1.24. The van der Waals surface area contributed by atoms with Crippen molar-refractivity contribution in [1.82, 2.24) is 19.4 Å². The van der Waals surface area contributed by atoms with Gasteiger partial charge in [-0.25, -0.2) is 4.98 Å². The Labute approximate surface area is 106 Å². The maximum atomic E-state index is 5.98. The van der Waals surface area contributed by atoms with Crippen LogP contribution in [0.2, 0.25) is 5.15 Å². The van der Waals surface area contributed by atoms with Crippen molar-refractivity contribution in [1.29, 1.82) is 0 Å². The van der Waals surface area contributed by atoms with Crippen LogP contribution in [-0.2, 0) is 13.6 Å². The van der Waals surface area contributed by atoms with Gasteiger partial charge in [-0.05, 0) is 26.1 Å². The molecule has 0 amide bonds. The van der Waals surface area contributed by atoms with Crippen LogP contribution in [0.1, 0.15) is 24.5 Å². The number of nitrogens with zero attached hydrogens (tertiary/aromatic N) is 3. The quantitative estimate of drug-likeness (QED) is 0.906. The summed E-state index contributed by atoms with van der Waals surface area (Å²) in [5, 5.41) is 3.90. The Morgan fingerprint density at radius 1 is 1.53 bits per heavy atom. The highest BCUT2D eigenvalue weighted by Gasteiger charge is 2.10. The monoisotopic (exact) mass is 252 g/mol. The van der Waals surface area contributed by atoms with Gasteiger partial charge < -0.3 is 14.5 Å². The predicted molar refractivity (Wildman–Crippen MR) is 69.2 cm³/mol. The Morgan fingerprint density at radius 3 is 2.88 bits per heavy atom. The predicted octanol–water partition coefficient (Wildman–Crippen LogP) is 2.20. The van der Waals surface area contributed by atoms with Crippen LogP contribution in [0.4, 0.5) is 0 Å². The average molecular weight is 253 g/mol. The molecular formula is C12H17ClN4. The Bertz CT molecular complexity index is 500. The summed E-state index contributed by atoms with van der Waals surface area (Å²) in [7, 11) is 3.88. The summed E-state index contributed by atoms with van der Waals surface area (Å²) in [4.78, 5) is 4.31. The van der Waals surface area contributed by atoms with E-state index in [2.05, 4.69) is 34.1 Å². The van der Waals surface area contributed by atoms with Gasteiger partial charge in [-0.2, -0.15) is 0 Å². The molecule has 1 unspecified atom stereocenters. The highest BCUT2D eigenvalue weighted by molar-refractivity contribution is 6.29. The largest absolute Gasteiger partial charge is 0.342 e. The minimum absolute atomic E-state index is 0.320. The van der Waals surface area contributed by atoms with E-state index in [1.807, 2.05) is 24.7 Å². The summed E-state index contributed by atoms with van der Waals surface area (Å²) < 4.78 is 4.08. The Kier molecular flexibility index (Phi) is 3.54. The van der Waals surface area contributed by atoms with Gasteiger partial charge in [-0.3, -0.25) is 0 Å².